The van der Waals surface area contributed by atoms with Gasteiger partial charge in [-0.05, 0) is 5.56 Å². The second-order valence-electron chi connectivity index (χ2n) is 7.06. The van der Waals surface area contributed by atoms with Crippen molar-refractivity contribution in [1.29, 1.82) is 0 Å². The van der Waals surface area contributed by atoms with Gasteiger partial charge in [-0.3, -0.25) is 9.89 Å². The molecule has 7 heteroatoms. The monoisotopic (exact) mass is 395 g/mol. The number of carbonyl (C=O) groups is 1. The van der Waals surface area contributed by atoms with Gasteiger partial charge in [0.25, 0.3) is 0 Å². The molecule has 1 atom stereocenters. The minimum Gasteiger partial charge on any atom is -0.497 e. The Hall–Kier alpha value is -2.90. The summed E-state index contributed by atoms with van der Waals surface area (Å²) in [5, 5.41) is 3.33. The molecular formula is C22H25N3O4. The lowest BCUT2D eigenvalue weighted by atomic mass is 10.0. The number of hydrogen-bond donors (Lipinski definition) is 1. The molecule has 1 N–H and O–H groups in total. The molecule has 7 nitrogen and oxygen atoms in total. The Labute approximate surface area is 170 Å². The Morgan fingerprint density at radius 1 is 1.17 bits per heavy atom. The van der Waals surface area contributed by atoms with Gasteiger partial charge in [-0.2, -0.15) is 0 Å². The number of rotatable bonds is 6. The molecule has 0 saturated carbocycles. The molecule has 152 valence electrons. The fraction of sp³-hybridized carbons (Fsp3) is 0.364. The van der Waals surface area contributed by atoms with Gasteiger partial charge in [0.05, 0.1) is 33.1 Å². The number of fused-ring (bicyclic) bond motifs is 1. The summed E-state index contributed by atoms with van der Waals surface area (Å²) in [6, 6.07) is 11.3. The Bertz CT molecular complexity index is 905. The topological polar surface area (TPSA) is 72.4 Å². The minimum atomic E-state index is -0.630. The first kappa shape index (κ1) is 19.4. The molecule has 0 spiro atoms. The molecule has 2 heterocycles. The molecule has 2 aliphatic heterocycles. The van der Waals surface area contributed by atoms with E-state index < -0.39 is 6.04 Å². The zero-order valence-corrected chi connectivity index (χ0v) is 16.7. The van der Waals surface area contributed by atoms with Crippen molar-refractivity contribution >= 4 is 17.8 Å². The van der Waals surface area contributed by atoms with E-state index in [1.807, 2.05) is 18.2 Å². The number of carbonyl (C=O) groups excluding carboxylic acids is 1. The number of aldehydes is 1. The van der Waals surface area contributed by atoms with Crippen LogP contribution in [0.25, 0.3) is 0 Å². The Kier molecular flexibility index (Phi) is 5.78. The van der Waals surface area contributed by atoms with Crippen LogP contribution in [0.2, 0.25) is 0 Å². The van der Waals surface area contributed by atoms with Crippen LogP contribution in [0.5, 0.6) is 11.5 Å². The van der Waals surface area contributed by atoms with Gasteiger partial charge in [0.2, 0.25) is 0 Å². The highest BCUT2D eigenvalue weighted by molar-refractivity contribution is 6.11. The van der Waals surface area contributed by atoms with Gasteiger partial charge >= 0.3 is 0 Å². The van der Waals surface area contributed by atoms with E-state index in [0.717, 1.165) is 55.9 Å². The largest absolute Gasteiger partial charge is 0.497 e. The van der Waals surface area contributed by atoms with E-state index in [9.17, 15) is 4.79 Å². The van der Waals surface area contributed by atoms with E-state index in [1.54, 1.807) is 20.3 Å². The van der Waals surface area contributed by atoms with Gasteiger partial charge in [0.1, 0.15) is 29.7 Å². The number of ether oxygens (including phenoxy) is 3. The van der Waals surface area contributed by atoms with Crippen LogP contribution in [0.15, 0.2) is 41.4 Å². The molecule has 2 aromatic carbocycles. The Morgan fingerprint density at radius 2 is 1.93 bits per heavy atom. The summed E-state index contributed by atoms with van der Waals surface area (Å²) >= 11 is 0. The van der Waals surface area contributed by atoms with E-state index in [-0.39, 0.29) is 0 Å². The highest BCUT2D eigenvalue weighted by Crippen LogP contribution is 2.40. The zero-order chi connectivity index (χ0) is 20.2. The van der Waals surface area contributed by atoms with E-state index in [4.69, 9.17) is 14.2 Å². The zero-order valence-electron chi connectivity index (χ0n) is 16.7. The van der Waals surface area contributed by atoms with E-state index >= 15 is 0 Å². The highest BCUT2D eigenvalue weighted by Gasteiger charge is 2.26. The second-order valence-corrected chi connectivity index (χ2v) is 7.06. The number of nitrogens with zero attached hydrogens (tertiary/aromatic N) is 2. The molecule has 1 unspecified atom stereocenters. The summed E-state index contributed by atoms with van der Waals surface area (Å²) in [7, 11) is 3.17. The number of anilines is 1. The molecule has 2 aromatic rings. The third kappa shape index (κ3) is 4.11. The van der Waals surface area contributed by atoms with Crippen LogP contribution in [0, 0.1) is 0 Å². The fourth-order valence-corrected chi connectivity index (χ4v) is 3.69. The van der Waals surface area contributed by atoms with Crippen LogP contribution in [0.4, 0.5) is 5.69 Å². The third-order valence-corrected chi connectivity index (χ3v) is 5.25. The summed E-state index contributed by atoms with van der Waals surface area (Å²) in [4.78, 5) is 18.8. The maximum atomic E-state index is 11.8. The predicted molar refractivity (Wildman–Crippen MR) is 111 cm³/mol. The predicted octanol–water partition coefficient (Wildman–Crippen LogP) is 2.65. The summed E-state index contributed by atoms with van der Waals surface area (Å²) in [5.41, 5.74) is 3.65. The van der Waals surface area contributed by atoms with Crippen LogP contribution in [0.1, 0.15) is 22.7 Å². The van der Waals surface area contributed by atoms with Crippen molar-refractivity contribution in [1.82, 2.24) is 4.90 Å². The first-order valence-electron chi connectivity index (χ1n) is 9.67. The summed E-state index contributed by atoms with van der Waals surface area (Å²) in [6.45, 7) is 4.39. The van der Waals surface area contributed by atoms with Crippen molar-refractivity contribution in [2.45, 2.75) is 12.6 Å². The number of morpholine rings is 1. The van der Waals surface area contributed by atoms with Crippen LogP contribution in [0.3, 0.4) is 0 Å². The molecule has 0 radical (unpaired) electrons. The van der Waals surface area contributed by atoms with E-state index in [1.165, 1.54) is 5.56 Å². The smallest absolute Gasteiger partial charge is 0.149 e. The van der Waals surface area contributed by atoms with Crippen molar-refractivity contribution in [2.75, 3.05) is 45.8 Å². The van der Waals surface area contributed by atoms with Gasteiger partial charge in [-0.25, -0.2) is 0 Å². The minimum absolute atomic E-state index is 0.576. The molecular weight excluding hydrogens is 370 g/mol. The number of aliphatic imine (C=N–C) groups is 1. The van der Waals surface area contributed by atoms with Crippen molar-refractivity contribution in [3.8, 4) is 11.5 Å². The molecule has 0 amide bonds. The van der Waals surface area contributed by atoms with Crippen LogP contribution < -0.4 is 14.8 Å². The van der Waals surface area contributed by atoms with E-state index in [2.05, 4.69) is 27.3 Å². The molecule has 0 aliphatic carbocycles. The standard InChI is InChI=1S/C22H25N3O4/c1-27-17-11-18-21(20(12-17)28-2)19(14-26)24-22(23-18)16-5-3-15(4-6-16)13-25-7-9-29-10-8-25/h3-6,11-12,14,19H,7-10,13H2,1-2H3,(H,23,24). The SMILES string of the molecule is COc1cc2c(c(OC)c1)C(C=O)N=C(c1ccc(CN3CCOCC3)cc1)N2. The maximum Gasteiger partial charge on any atom is 0.149 e. The lowest BCUT2D eigenvalue weighted by molar-refractivity contribution is -0.108. The lowest BCUT2D eigenvalue weighted by Gasteiger charge is -2.27. The van der Waals surface area contributed by atoms with Crippen molar-refractivity contribution < 1.29 is 19.0 Å². The molecule has 2 aliphatic rings. The van der Waals surface area contributed by atoms with Crippen molar-refractivity contribution in [2.24, 2.45) is 4.99 Å². The third-order valence-electron chi connectivity index (χ3n) is 5.25. The first-order valence-corrected chi connectivity index (χ1v) is 9.67. The highest BCUT2D eigenvalue weighted by atomic mass is 16.5. The summed E-state index contributed by atoms with van der Waals surface area (Å²) < 4.78 is 16.2. The van der Waals surface area contributed by atoms with Crippen molar-refractivity contribution in [3.63, 3.8) is 0 Å². The van der Waals surface area contributed by atoms with Crippen LogP contribution >= 0.6 is 0 Å². The quantitative estimate of drug-likeness (QED) is 0.758. The van der Waals surface area contributed by atoms with Gasteiger partial charge in [0.15, 0.2) is 0 Å². The average Bonchev–Trinajstić information content (AvgIpc) is 2.78. The van der Waals surface area contributed by atoms with Gasteiger partial charge < -0.3 is 24.3 Å². The summed E-state index contributed by atoms with van der Waals surface area (Å²) in [5.74, 6) is 1.88. The fourth-order valence-electron chi connectivity index (χ4n) is 3.69. The maximum absolute atomic E-state index is 11.8. The number of methoxy groups -OCH3 is 2. The van der Waals surface area contributed by atoms with Gasteiger partial charge in [-0.1, -0.05) is 24.3 Å². The van der Waals surface area contributed by atoms with Crippen LogP contribution in [-0.2, 0) is 16.1 Å². The van der Waals surface area contributed by atoms with E-state index in [0.29, 0.717) is 17.3 Å². The number of hydrogen-bond acceptors (Lipinski definition) is 7. The summed E-state index contributed by atoms with van der Waals surface area (Å²) in [6.07, 6.45) is 0.835. The average molecular weight is 395 g/mol. The molecule has 0 aromatic heterocycles. The molecule has 29 heavy (non-hydrogen) atoms. The van der Waals surface area contributed by atoms with Gasteiger partial charge in [-0.15, -0.1) is 0 Å². The van der Waals surface area contributed by atoms with Crippen LogP contribution in [-0.4, -0.2) is 57.5 Å². The molecule has 1 fully saturated rings. The molecule has 0 bridgehead atoms. The van der Waals surface area contributed by atoms with Crippen molar-refractivity contribution in [3.05, 3.63) is 53.1 Å². The lowest BCUT2D eigenvalue weighted by Crippen LogP contribution is -2.35. The number of nitrogens with one attached hydrogen (secondary N) is 1. The first-order chi connectivity index (χ1) is 14.2. The molecule has 4 rings (SSSR count). The second kappa shape index (κ2) is 8.63. The Balaban J connectivity index is 1.58. The normalized spacial score (nSPS) is 19.0. The Morgan fingerprint density at radius 3 is 2.59 bits per heavy atom. The number of amidine groups is 1. The number of benzene rings is 2. The molecule has 1 saturated heterocycles. The van der Waals surface area contributed by atoms with Gasteiger partial charge in [0, 0.05) is 42.9 Å².